The van der Waals surface area contributed by atoms with Crippen molar-refractivity contribution in [3.8, 4) is 5.75 Å². The molecule has 1 aromatic carbocycles. The lowest BCUT2D eigenvalue weighted by Crippen LogP contribution is -2.06. The van der Waals surface area contributed by atoms with Crippen LogP contribution in [0.25, 0.3) is 0 Å². The molecule has 4 nitrogen and oxygen atoms in total. The Morgan fingerprint density at radius 2 is 2.14 bits per heavy atom. The topological polar surface area (TPSA) is 54.4 Å². The Morgan fingerprint density at radius 1 is 1.29 bits per heavy atom. The Morgan fingerprint density at radius 3 is 2.81 bits per heavy atom. The smallest absolute Gasteiger partial charge is 0.170 e. The molecule has 21 heavy (non-hydrogen) atoms. The highest BCUT2D eigenvalue weighted by Gasteiger charge is 2.25. The number of nitrogens with one attached hydrogen (secondary N) is 1. The lowest BCUT2D eigenvalue weighted by Gasteiger charge is -2.11. The molecule has 0 spiro atoms. The zero-order chi connectivity index (χ0) is 14.7. The molecule has 2 aromatic rings. The Hall–Kier alpha value is -2.14. The molecule has 0 saturated heterocycles. The highest BCUT2D eigenvalue weighted by Crippen LogP contribution is 2.29. The van der Waals surface area contributed by atoms with Crippen LogP contribution >= 0.6 is 0 Å². The maximum Gasteiger partial charge on any atom is 0.170 e. The van der Waals surface area contributed by atoms with Gasteiger partial charge < -0.3 is 15.2 Å². The molecule has 0 amide bonds. The molecular weight excluding hydrogens is 271 g/mol. The van der Waals surface area contributed by atoms with Crippen LogP contribution in [0.4, 0.5) is 10.2 Å². The summed E-state index contributed by atoms with van der Waals surface area (Å²) in [4.78, 5) is 4.15. The fraction of sp³-hybridized carbons (Fsp3) is 0.312. The minimum atomic E-state index is -0.316. The summed E-state index contributed by atoms with van der Waals surface area (Å²) >= 11 is 0. The van der Waals surface area contributed by atoms with Crippen LogP contribution in [0.3, 0.4) is 0 Å². The van der Waals surface area contributed by atoms with Crippen LogP contribution < -0.4 is 10.1 Å². The second-order valence-electron chi connectivity index (χ2n) is 5.11. The van der Waals surface area contributed by atoms with Gasteiger partial charge in [-0.3, -0.25) is 0 Å². The summed E-state index contributed by atoms with van der Waals surface area (Å²) in [5.41, 5.74) is 1.28. The number of benzene rings is 1. The van der Waals surface area contributed by atoms with Crippen molar-refractivity contribution in [2.24, 2.45) is 0 Å². The second kappa shape index (κ2) is 6.10. The number of hydrogen-bond donors (Lipinski definition) is 2. The molecule has 5 heteroatoms. The predicted molar refractivity (Wildman–Crippen MR) is 77.5 cm³/mol. The van der Waals surface area contributed by atoms with Crippen molar-refractivity contribution < 1.29 is 14.2 Å². The van der Waals surface area contributed by atoms with E-state index < -0.39 is 0 Å². The maximum atomic E-state index is 14.3. The number of aliphatic hydroxyl groups is 1. The van der Waals surface area contributed by atoms with Gasteiger partial charge in [-0.1, -0.05) is 18.2 Å². The number of hydrogen-bond acceptors (Lipinski definition) is 4. The number of halogens is 1. The summed E-state index contributed by atoms with van der Waals surface area (Å²) in [7, 11) is 0. The molecule has 1 saturated carbocycles. The van der Waals surface area contributed by atoms with Gasteiger partial charge in [-0.05, 0) is 30.5 Å². The third-order valence-electron chi connectivity index (χ3n) is 3.33. The normalized spacial score (nSPS) is 14.0. The molecule has 0 radical (unpaired) electrons. The summed E-state index contributed by atoms with van der Waals surface area (Å²) in [6.45, 7) is 0.293. The lowest BCUT2D eigenvalue weighted by atomic mass is 10.2. The molecule has 1 aliphatic rings. The van der Waals surface area contributed by atoms with Crippen LogP contribution in [-0.2, 0) is 13.2 Å². The average Bonchev–Trinajstić information content (AvgIpc) is 3.33. The number of pyridine rings is 1. The van der Waals surface area contributed by atoms with Crippen molar-refractivity contribution in [2.75, 3.05) is 5.32 Å². The molecule has 1 aromatic heterocycles. The Balaban J connectivity index is 1.66. The molecule has 1 aliphatic carbocycles. The third kappa shape index (κ3) is 3.49. The van der Waals surface area contributed by atoms with Gasteiger partial charge in [-0.15, -0.1) is 0 Å². The molecule has 3 rings (SSSR count). The van der Waals surface area contributed by atoms with E-state index in [0.717, 1.165) is 18.4 Å². The van der Waals surface area contributed by atoms with Gasteiger partial charge in [0.2, 0.25) is 0 Å². The molecule has 0 unspecified atom stereocenters. The zero-order valence-corrected chi connectivity index (χ0v) is 11.6. The monoisotopic (exact) mass is 288 g/mol. The fourth-order valence-electron chi connectivity index (χ4n) is 1.96. The minimum absolute atomic E-state index is 0.0392. The number of nitrogens with zero attached hydrogens (tertiary/aromatic N) is 1. The van der Waals surface area contributed by atoms with Crippen LogP contribution in [0.2, 0.25) is 0 Å². The van der Waals surface area contributed by atoms with E-state index in [-0.39, 0.29) is 18.5 Å². The van der Waals surface area contributed by atoms with E-state index in [4.69, 9.17) is 9.84 Å². The highest BCUT2D eigenvalue weighted by molar-refractivity contribution is 5.38. The molecule has 0 bridgehead atoms. The van der Waals surface area contributed by atoms with E-state index >= 15 is 0 Å². The van der Waals surface area contributed by atoms with Crippen molar-refractivity contribution in [1.29, 1.82) is 0 Å². The SMILES string of the molecule is OCc1ccc(NCc2cccc(OC3CC3)c2F)nc1. The highest BCUT2D eigenvalue weighted by atomic mass is 19.1. The molecule has 110 valence electrons. The van der Waals surface area contributed by atoms with Crippen molar-refractivity contribution in [3.63, 3.8) is 0 Å². The van der Waals surface area contributed by atoms with Crippen LogP contribution in [0.5, 0.6) is 5.75 Å². The quantitative estimate of drug-likeness (QED) is 0.858. The van der Waals surface area contributed by atoms with E-state index in [1.165, 1.54) is 0 Å². The minimum Gasteiger partial charge on any atom is -0.487 e. The molecule has 1 fully saturated rings. The number of aromatic nitrogens is 1. The molecule has 1 heterocycles. The summed E-state index contributed by atoms with van der Waals surface area (Å²) in [6, 6.07) is 8.71. The van der Waals surface area contributed by atoms with E-state index in [2.05, 4.69) is 10.3 Å². The van der Waals surface area contributed by atoms with Gasteiger partial charge in [0.15, 0.2) is 11.6 Å². The van der Waals surface area contributed by atoms with Gasteiger partial charge in [0.1, 0.15) is 5.82 Å². The first kappa shape index (κ1) is 13.8. The van der Waals surface area contributed by atoms with Gasteiger partial charge in [0, 0.05) is 18.3 Å². The predicted octanol–water partition coefficient (Wildman–Crippen LogP) is 2.87. The van der Waals surface area contributed by atoms with Crippen molar-refractivity contribution in [1.82, 2.24) is 4.98 Å². The molecule has 2 N–H and O–H groups in total. The Bertz CT molecular complexity index is 612. The van der Waals surface area contributed by atoms with Gasteiger partial charge in [-0.2, -0.15) is 0 Å². The average molecular weight is 288 g/mol. The van der Waals surface area contributed by atoms with Gasteiger partial charge in [0.05, 0.1) is 12.7 Å². The van der Waals surface area contributed by atoms with Crippen LogP contribution in [0.15, 0.2) is 36.5 Å². The third-order valence-corrected chi connectivity index (χ3v) is 3.33. The van der Waals surface area contributed by atoms with Crippen LogP contribution in [0.1, 0.15) is 24.0 Å². The summed E-state index contributed by atoms with van der Waals surface area (Å²) in [6.07, 6.45) is 3.77. The van der Waals surface area contributed by atoms with E-state index in [1.807, 2.05) is 0 Å². The molecule has 0 aliphatic heterocycles. The fourth-order valence-corrected chi connectivity index (χ4v) is 1.96. The van der Waals surface area contributed by atoms with E-state index in [1.54, 1.807) is 36.5 Å². The molecular formula is C16H17FN2O2. The Labute approximate surface area is 122 Å². The van der Waals surface area contributed by atoms with Gasteiger partial charge in [0.25, 0.3) is 0 Å². The van der Waals surface area contributed by atoms with Crippen molar-refractivity contribution in [2.45, 2.75) is 32.1 Å². The van der Waals surface area contributed by atoms with Crippen LogP contribution in [-0.4, -0.2) is 16.2 Å². The lowest BCUT2D eigenvalue weighted by molar-refractivity contribution is 0.281. The number of aliphatic hydroxyl groups excluding tert-OH is 1. The summed E-state index contributed by atoms with van der Waals surface area (Å²) < 4.78 is 19.8. The van der Waals surface area contributed by atoms with E-state index in [0.29, 0.717) is 23.7 Å². The maximum absolute atomic E-state index is 14.3. The first-order chi connectivity index (χ1) is 10.3. The van der Waals surface area contributed by atoms with Crippen LogP contribution in [0, 0.1) is 5.82 Å². The molecule has 0 atom stereocenters. The number of anilines is 1. The van der Waals surface area contributed by atoms with Gasteiger partial charge in [-0.25, -0.2) is 9.37 Å². The zero-order valence-electron chi connectivity index (χ0n) is 11.6. The largest absolute Gasteiger partial charge is 0.487 e. The summed E-state index contributed by atoms with van der Waals surface area (Å²) in [5, 5.41) is 12.0. The number of ether oxygens (including phenoxy) is 1. The van der Waals surface area contributed by atoms with Gasteiger partial charge >= 0.3 is 0 Å². The first-order valence-electron chi connectivity index (χ1n) is 7.00. The second-order valence-corrected chi connectivity index (χ2v) is 5.11. The Kier molecular flexibility index (Phi) is 4.01. The van der Waals surface area contributed by atoms with Crippen molar-refractivity contribution >= 4 is 5.82 Å². The van der Waals surface area contributed by atoms with Crippen molar-refractivity contribution in [3.05, 3.63) is 53.5 Å². The number of rotatable bonds is 6. The standard InChI is InChI=1S/C16H17FN2O2/c17-16-12(2-1-3-14(16)21-13-5-6-13)9-19-15-7-4-11(10-20)8-18-15/h1-4,7-8,13,20H,5-6,9-10H2,(H,18,19). The first-order valence-corrected chi connectivity index (χ1v) is 7.00. The van der Waals surface area contributed by atoms with E-state index in [9.17, 15) is 4.39 Å². The summed E-state index contributed by atoms with van der Waals surface area (Å²) in [5.74, 6) is 0.643.